The molecule has 0 atom stereocenters. The number of aryl methyl sites for hydroxylation is 1. The number of hydrogen-bond donors (Lipinski definition) is 0. The van der Waals surface area contributed by atoms with Gasteiger partial charge in [-0.3, -0.25) is 4.90 Å². The molecule has 1 aliphatic rings. The Morgan fingerprint density at radius 3 is 2.00 bits per heavy atom. The lowest BCUT2D eigenvalue weighted by Crippen LogP contribution is -2.32. The molecular formula is C17H29N. The molecule has 0 amide bonds. The number of benzene rings is 1. The molecule has 2 rings (SSSR count). The molecule has 18 heavy (non-hydrogen) atoms. The predicted molar refractivity (Wildman–Crippen MR) is 80.8 cm³/mol. The smallest absolute Gasteiger partial charge is 0.0233 e. The zero-order valence-corrected chi connectivity index (χ0v) is 12.6. The summed E-state index contributed by atoms with van der Waals surface area (Å²) in [5.74, 6) is 0.929. The Labute approximate surface area is 113 Å². The fraction of sp³-hybridized carbons (Fsp3) is 0.647. The topological polar surface area (TPSA) is 3.24 Å². The van der Waals surface area contributed by atoms with E-state index in [0.717, 1.165) is 18.9 Å². The molecule has 0 radical (unpaired) electrons. The van der Waals surface area contributed by atoms with E-state index in [4.69, 9.17) is 0 Å². The van der Waals surface area contributed by atoms with E-state index in [1.807, 2.05) is 13.8 Å². The van der Waals surface area contributed by atoms with Gasteiger partial charge < -0.3 is 0 Å². The second-order valence-electron chi connectivity index (χ2n) is 5.13. The van der Waals surface area contributed by atoms with Crippen molar-refractivity contribution in [1.29, 1.82) is 0 Å². The normalized spacial score (nSPS) is 17.1. The zero-order chi connectivity index (χ0) is 13.4. The summed E-state index contributed by atoms with van der Waals surface area (Å²) in [4.78, 5) is 2.58. The molecule has 0 unspecified atom stereocenters. The third kappa shape index (κ3) is 4.81. The van der Waals surface area contributed by atoms with E-state index in [-0.39, 0.29) is 0 Å². The molecule has 1 fully saturated rings. The highest BCUT2D eigenvalue weighted by atomic mass is 15.1. The van der Waals surface area contributed by atoms with Gasteiger partial charge in [-0.05, 0) is 49.4 Å². The van der Waals surface area contributed by atoms with Gasteiger partial charge in [0, 0.05) is 6.54 Å². The van der Waals surface area contributed by atoms with Gasteiger partial charge in [-0.1, -0.05) is 52.0 Å². The van der Waals surface area contributed by atoms with Crippen molar-refractivity contribution in [1.82, 2.24) is 4.90 Å². The van der Waals surface area contributed by atoms with Crippen LogP contribution in [0.25, 0.3) is 0 Å². The first-order chi connectivity index (χ1) is 8.78. The lowest BCUT2D eigenvalue weighted by molar-refractivity contribution is 0.185. The summed E-state index contributed by atoms with van der Waals surface area (Å²) in [5.41, 5.74) is 2.91. The molecule has 1 heterocycles. The standard InChI is InChI=1S/C15H23N.C2H6/c1-3-14-4-6-15(7-5-14)12-16-10-8-13(2)9-11-16;1-2/h4-7,13H,3,8-12H2,1-2H3;1-2H3. The van der Waals surface area contributed by atoms with E-state index < -0.39 is 0 Å². The highest BCUT2D eigenvalue weighted by Gasteiger charge is 2.15. The van der Waals surface area contributed by atoms with Crippen molar-refractivity contribution in [2.75, 3.05) is 13.1 Å². The molecule has 102 valence electrons. The molecule has 0 N–H and O–H groups in total. The highest BCUT2D eigenvalue weighted by molar-refractivity contribution is 5.22. The number of piperidine rings is 1. The van der Waals surface area contributed by atoms with Crippen LogP contribution in [0.1, 0.15) is 51.7 Å². The van der Waals surface area contributed by atoms with Crippen molar-refractivity contribution in [3.63, 3.8) is 0 Å². The Morgan fingerprint density at radius 2 is 1.50 bits per heavy atom. The molecule has 1 aromatic carbocycles. The van der Waals surface area contributed by atoms with Gasteiger partial charge in [0.25, 0.3) is 0 Å². The fourth-order valence-corrected chi connectivity index (χ4v) is 2.36. The van der Waals surface area contributed by atoms with Crippen molar-refractivity contribution in [3.05, 3.63) is 35.4 Å². The van der Waals surface area contributed by atoms with Crippen LogP contribution in [0, 0.1) is 5.92 Å². The molecule has 1 heteroatoms. The quantitative estimate of drug-likeness (QED) is 0.760. The van der Waals surface area contributed by atoms with Gasteiger partial charge >= 0.3 is 0 Å². The Morgan fingerprint density at radius 1 is 1.00 bits per heavy atom. The average Bonchev–Trinajstić information content (AvgIpc) is 2.44. The maximum Gasteiger partial charge on any atom is 0.0233 e. The van der Waals surface area contributed by atoms with E-state index in [1.165, 1.54) is 37.1 Å². The number of rotatable bonds is 3. The molecule has 0 aromatic heterocycles. The molecule has 0 spiro atoms. The van der Waals surface area contributed by atoms with Gasteiger partial charge in [0.1, 0.15) is 0 Å². The summed E-state index contributed by atoms with van der Waals surface area (Å²) in [6.45, 7) is 12.3. The molecule has 1 aromatic rings. The van der Waals surface area contributed by atoms with Crippen LogP contribution in [-0.2, 0) is 13.0 Å². The Bertz CT molecular complexity index is 307. The van der Waals surface area contributed by atoms with Crippen LogP contribution in [0.5, 0.6) is 0 Å². The largest absolute Gasteiger partial charge is 0.299 e. The van der Waals surface area contributed by atoms with E-state index in [0.29, 0.717) is 0 Å². The van der Waals surface area contributed by atoms with Gasteiger partial charge in [0.15, 0.2) is 0 Å². The first-order valence-corrected chi connectivity index (χ1v) is 7.58. The Hall–Kier alpha value is -0.820. The van der Waals surface area contributed by atoms with E-state index in [9.17, 15) is 0 Å². The maximum atomic E-state index is 2.58. The molecule has 0 saturated carbocycles. The van der Waals surface area contributed by atoms with Crippen molar-refractivity contribution < 1.29 is 0 Å². The lowest BCUT2D eigenvalue weighted by atomic mass is 9.99. The van der Waals surface area contributed by atoms with Crippen LogP contribution in [0.3, 0.4) is 0 Å². The van der Waals surface area contributed by atoms with E-state index in [1.54, 1.807) is 0 Å². The minimum atomic E-state index is 0.929. The van der Waals surface area contributed by atoms with E-state index >= 15 is 0 Å². The maximum absolute atomic E-state index is 2.58. The van der Waals surface area contributed by atoms with Crippen LogP contribution < -0.4 is 0 Å². The number of nitrogens with zero attached hydrogens (tertiary/aromatic N) is 1. The number of likely N-dealkylation sites (tertiary alicyclic amines) is 1. The van der Waals surface area contributed by atoms with E-state index in [2.05, 4.69) is 43.0 Å². The van der Waals surface area contributed by atoms with Gasteiger partial charge in [0.2, 0.25) is 0 Å². The molecule has 0 bridgehead atoms. The first-order valence-electron chi connectivity index (χ1n) is 7.58. The van der Waals surface area contributed by atoms with Crippen LogP contribution in [-0.4, -0.2) is 18.0 Å². The minimum Gasteiger partial charge on any atom is -0.299 e. The molecule has 1 saturated heterocycles. The minimum absolute atomic E-state index is 0.929. The fourth-order valence-electron chi connectivity index (χ4n) is 2.36. The van der Waals surface area contributed by atoms with Gasteiger partial charge in [0.05, 0.1) is 0 Å². The van der Waals surface area contributed by atoms with Crippen LogP contribution in [0.4, 0.5) is 0 Å². The van der Waals surface area contributed by atoms with Crippen molar-refractivity contribution in [2.24, 2.45) is 5.92 Å². The third-order valence-electron chi connectivity index (χ3n) is 3.71. The highest BCUT2D eigenvalue weighted by Crippen LogP contribution is 2.18. The van der Waals surface area contributed by atoms with Crippen LogP contribution >= 0.6 is 0 Å². The average molecular weight is 247 g/mol. The van der Waals surface area contributed by atoms with Crippen LogP contribution in [0.2, 0.25) is 0 Å². The summed E-state index contributed by atoms with van der Waals surface area (Å²) in [6.07, 6.45) is 3.88. The van der Waals surface area contributed by atoms with Gasteiger partial charge in [-0.25, -0.2) is 0 Å². The van der Waals surface area contributed by atoms with Gasteiger partial charge in [-0.2, -0.15) is 0 Å². The molecule has 1 aliphatic heterocycles. The number of hydrogen-bond acceptors (Lipinski definition) is 1. The molecule has 1 nitrogen and oxygen atoms in total. The Balaban J connectivity index is 0.000000771. The zero-order valence-electron chi connectivity index (χ0n) is 12.6. The summed E-state index contributed by atoms with van der Waals surface area (Å²) in [7, 11) is 0. The third-order valence-corrected chi connectivity index (χ3v) is 3.71. The monoisotopic (exact) mass is 247 g/mol. The van der Waals surface area contributed by atoms with Crippen molar-refractivity contribution >= 4 is 0 Å². The summed E-state index contributed by atoms with van der Waals surface area (Å²) >= 11 is 0. The predicted octanol–water partition coefficient (Wildman–Crippen LogP) is 4.51. The molecular weight excluding hydrogens is 218 g/mol. The molecule has 0 aliphatic carbocycles. The SMILES string of the molecule is CC.CCc1ccc(CN2CCC(C)CC2)cc1. The second-order valence-corrected chi connectivity index (χ2v) is 5.13. The summed E-state index contributed by atoms with van der Waals surface area (Å²) in [6, 6.07) is 9.11. The Kier molecular flexibility index (Phi) is 7.04. The summed E-state index contributed by atoms with van der Waals surface area (Å²) < 4.78 is 0. The van der Waals surface area contributed by atoms with Crippen molar-refractivity contribution in [3.8, 4) is 0 Å². The summed E-state index contributed by atoms with van der Waals surface area (Å²) in [5, 5.41) is 0. The first kappa shape index (κ1) is 15.2. The lowest BCUT2D eigenvalue weighted by Gasteiger charge is -2.30. The van der Waals surface area contributed by atoms with Crippen LogP contribution in [0.15, 0.2) is 24.3 Å². The second kappa shape index (κ2) is 8.31. The van der Waals surface area contributed by atoms with Crippen molar-refractivity contribution in [2.45, 2.75) is 53.5 Å². The van der Waals surface area contributed by atoms with Gasteiger partial charge in [-0.15, -0.1) is 0 Å².